The number of nitrogens with one attached hydrogen (secondary N) is 1. The van der Waals surface area contributed by atoms with Crippen molar-refractivity contribution < 1.29 is 19.4 Å². The number of benzene rings is 1. The number of hydrogen-bond donors (Lipinski definition) is 2. The van der Waals surface area contributed by atoms with E-state index in [1.165, 1.54) is 21.4 Å². The number of aromatic nitrogens is 3. The van der Waals surface area contributed by atoms with Gasteiger partial charge in [-0.05, 0) is 17.7 Å². The molecule has 1 atom stereocenters. The highest BCUT2D eigenvalue weighted by Crippen LogP contribution is 2.15. The van der Waals surface area contributed by atoms with Crippen LogP contribution < -0.4 is 15.6 Å². The number of carbonyl (C=O) groups excluding carboxylic acids is 2. The summed E-state index contributed by atoms with van der Waals surface area (Å²) in [4.78, 5) is 37.7. The number of ketones is 1. The Bertz CT molecular complexity index is 1200. The fraction of sp³-hybridized carbons (Fsp3) is 0.273. The average Bonchev–Trinajstić information content (AvgIpc) is 3.12. The van der Waals surface area contributed by atoms with E-state index in [4.69, 9.17) is 4.74 Å². The number of ether oxygens (including phenoxy) is 1. The van der Waals surface area contributed by atoms with Crippen LogP contribution in [0.15, 0.2) is 53.6 Å². The predicted molar refractivity (Wildman–Crippen MR) is 111 cm³/mol. The van der Waals surface area contributed by atoms with Crippen LogP contribution in [-0.4, -0.2) is 50.4 Å². The summed E-state index contributed by atoms with van der Waals surface area (Å²) < 4.78 is 8.54. The lowest BCUT2D eigenvalue weighted by atomic mass is 10.0. The van der Waals surface area contributed by atoms with Gasteiger partial charge >= 0.3 is 0 Å². The van der Waals surface area contributed by atoms with Crippen LogP contribution in [0, 0.1) is 0 Å². The van der Waals surface area contributed by atoms with Gasteiger partial charge in [-0.1, -0.05) is 18.2 Å². The molecule has 3 aromatic rings. The first kappa shape index (κ1) is 20.5. The van der Waals surface area contributed by atoms with Gasteiger partial charge < -0.3 is 19.7 Å². The second kappa shape index (κ2) is 8.57. The lowest BCUT2D eigenvalue weighted by Crippen LogP contribution is -2.36. The van der Waals surface area contributed by atoms with E-state index >= 15 is 0 Å². The summed E-state index contributed by atoms with van der Waals surface area (Å²) in [6.07, 6.45) is 2.22. The second-order valence-corrected chi connectivity index (χ2v) is 7.48. The van der Waals surface area contributed by atoms with Crippen molar-refractivity contribution in [1.29, 1.82) is 0 Å². The van der Waals surface area contributed by atoms with Crippen LogP contribution in [0.4, 0.5) is 0 Å². The molecule has 2 aromatic heterocycles. The number of rotatable bonds is 0. The Balaban J connectivity index is 1.72. The highest BCUT2D eigenvalue weighted by Gasteiger charge is 2.20. The van der Waals surface area contributed by atoms with Crippen LogP contribution in [-0.2, 0) is 20.0 Å². The number of aliphatic hydroxyl groups excluding tert-OH is 1. The van der Waals surface area contributed by atoms with Crippen LogP contribution >= 0.6 is 0 Å². The van der Waals surface area contributed by atoms with Crippen LogP contribution in [0.2, 0.25) is 0 Å². The number of β-amino-alcohol motifs (C(OH)–C–C–N with tert-alkyl or cyclic N) is 1. The van der Waals surface area contributed by atoms with Crippen LogP contribution in [0.25, 0.3) is 0 Å². The minimum absolute atomic E-state index is 0.00114. The van der Waals surface area contributed by atoms with E-state index in [1.807, 2.05) is 6.07 Å². The Kier molecular flexibility index (Phi) is 5.68. The third kappa shape index (κ3) is 4.72. The first-order valence-electron chi connectivity index (χ1n) is 9.83. The maximum absolute atomic E-state index is 12.9. The molecule has 9 nitrogen and oxygen atoms in total. The number of aryl methyl sites for hydroxylation is 1. The van der Waals surface area contributed by atoms with Crippen LogP contribution in [0.1, 0.15) is 32.0 Å². The molecule has 0 fully saturated rings. The second-order valence-electron chi connectivity index (χ2n) is 7.48. The summed E-state index contributed by atoms with van der Waals surface area (Å²) >= 11 is 0. The number of hydrogen-bond acceptors (Lipinski definition) is 6. The minimum atomic E-state index is -0.969. The van der Waals surface area contributed by atoms with E-state index < -0.39 is 12.0 Å². The molecule has 4 rings (SSSR count). The Morgan fingerprint density at radius 3 is 2.84 bits per heavy atom. The Labute approximate surface area is 177 Å². The molecule has 1 aromatic carbocycles. The zero-order valence-corrected chi connectivity index (χ0v) is 16.9. The van der Waals surface area contributed by atoms with E-state index in [0.29, 0.717) is 16.9 Å². The first-order valence-corrected chi connectivity index (χ1v) is 9.83. The monoisotopic (exact) mass is 422 g/mol. The largest absolute Gasteiger partial charge is 0.489 e. The van der Waals surface area contributed by atoms with Crippen LogP contribution in [0.3, 0.4) is 0 Å². The molecule has 1 unspecified atom stereocenters. The highest BCUT2D eigenvalue weighted by atomic mass is 16.5. The molecular weight excluding hydrogens is 400 g/mol. The van der Waals surface area contributed by atoms with Crippen molar-refractivity contribution in [2.24, 2.45) is 7.05 Å². The smallest absolute Gasteiger partial charge is 0.272 e. The zero-order valence-electron chi connectivity index (χ0n) is 16.9. The van der Waals surface area contributed by atoms with Crippen molar-refractivity contribution in [3.8, 4) is 5.75 Å². The number of fused-ring (bicyclic) bond motifs is 5. The summed E-state index contributed by atoms with van der Waals surface area (Å²) in [5.41, 5.74) is 1.68. The maximum atomic E-state index is 12.9. The number of pyridine rings is 1. The topological polar surface area (TPSA) is 115 Å². The number of aliphatic hydroxyl groups is 1. The van der Waals surface area contributed by atoms with E-state index in [1.54, 1.807) is 37.6 Å². The van der Waals surface area contributed by atoms with E-state index in [-0.39, 0.29) is 43.2 Å². The van der Waals surface area contributed by atoms with E-state index in [9.17, 15) is 19.5 Å². The van der Waals surface area contributed by atoms with Gasteiger partial charge in [0.15, 0.2) is 11.5 Å². The fourth-order valence-corrected chi connectivity index (χ4v) is 3.44. The Hall–Kier alpha value is -3.72. The molecule has 0 radical (unpaired) electrons. The van der Waals surface area contributed by atoms with Gasteiger partial charge in [-0.25, -0.2) is 0 Å². The minimum Gasteiger partial charge on any atom is -0.489 e. The zero-order chi connectivity index (χ0) is 22.0. The third-order valence-corrected chi connectivity index (χ3v) is 4.97. The SMILES string of the molecule is Cn1cc2c(n1)C(=O)NCC(O)COc1ccc(=O)n(c1)Cc1cccc(c1)C(=O)C2. The number of carbonyl (C=O) groups is 2. The van der Waals surface area contributed by atoms with Gasteiger partial charge in [0.2, 0.25) is 0 Å². The molecule has 2 N–H and O–H groups in total. The van der Waals surface area contributed by atoms with Crippen molar-refractivity contribution in [3.05, 3.63) is 81.5 Å². The molecule has 1 amide bonds. The summed E-state index contributed by atoms with van der Waals surface area (Å²) in [5, 5.41) is 17.0. The lowest BCUT2D eigenvalue weighted by molar-refractivity contribution is 0.0837. The van der Waals surface area contributed by atoms with Gasteiger partial charge in [0.1, 0.15) is 18.5 Å². The summed E-state index contributed by atoms with van der Waals surface area (Å²) in [7, 11) is 1.67. The van der Waals surface area contributed by atoms with Crippen molar-refractivity contribution in [2.45, 2.75) is 19.1 Å². The van der Waals surface area contributed by atoms with Gasteiger partial charge in [0, 0.05) is 49.6 Å². The molecule has 0 spiro atoms. The third-order valence-electron chi connectivity index (χ3n) is 4.97. The molecule has 4 bridgehead atoms. The highest BCUT2D eigenvalue weighted by molar-refractivity contribution is 6.00. The fourth-order valence-electron chi connectivity index (χ4n) is 3.44. The normalized spacial score (nSPS) is 17.3. The van der Waals surface area contributed by atoms with Crippen molar-refractivity contribution in [3.63, 3.8) is 0 Å². The Morgan fingerprint density at radius 2 is 2.00 bits per heavy atom. The summed E-state index contributed by atoms with van der Waals surface area (Å²) in [6, 6.07) is 9.94. The molecular formula is C22H22N4O5. The summed E-state index contributed by atoms with van der Waals surface area (Å²) in [5.74, 6) is -0.236. The molecule has 9 heteroatoms. The quantitative estimate of drug-likeness (QED) is 0.546. The van der Waals surface area contributed by atoms with Gasteiger partial charge in [-0.3, -0.25) is 19.1 Å². The van der Waals surface area contributed by atoms with Crippen molar-refractivity contribution in [2.75, 3.05) is 13.2 Å². The molecule has 0 saturated carbocycles. The van der Waals surface area contributed by atoms with Gasteiger partial charge in [0.25, 0.3) is 11.5 Å². The van der Waals surface area contributed by atoms with E-state index in [0.717, 1.165) is 5.56 Å². The molecule has 31 heavy (non-hydrogen) atoms. The van der Waals surface area contributed by atoms with E-state index in [2.05, 4.69) is 10.4 Å². The first-order chi connectivity index (χ1) is 14.9. The lowest BCUT2D eigenvalue weighted by Gasteiger charge is -2.14. The standard InChI is InChI=1S/C22H22N4O5/c1-25-11-16-8-19(28)15-4-2-3-14(7-15)10-26-12-18(5-6-20(26)29)31-13-17(27)9-23-22(30)21(16)24-25/h2-7,11-12,17,27H,8-10,13H2,1H3,(H,23,30). The maximum Gasteiger partial charge on any atom is 0.272 e. The van der Waals surface area contributed by atoms with Gasteiger partial charge in [-0.2, -0.15) is 5.10 Å². The number of Topliss-reactive ketones (excluding diaryl/α,β-unsaturated/α-hetero) is 1. The van der Waals surface area contributed by atoms with Crippen molar-refractivity contribution in [1.82, 2.24) is 19.7 Å². The van der Waals surface area contributed by atoms with Gasteiger partial charge in [0.05, 0.1) is 6.54 Å². The number of nitrogens with zero attached hydrogens (tertiary/aromatic N) is 3. The molecule has 1 aliphatic rings. The van der Waals surface area contributed by atoms with Crippen molar-refractivity contribution >= 4 is 11.7 Å². The average molecular weight is 422 g/mol. The Morgan fingerprint density at radius 1 is 1.16 bits per heavy atom. The molecule has 1 aliphatic heterocycles. The van der Waals surface area contributed by atoms with Gasteiger partial charge in [-0.15, -0.1) is 0 Å². The molecule has 0 saturated heterocycles. The molecule has 160 valence electrons. The number of amides is 1. The summed E-state index contributed by atoms with van der Waals surface area (Å²) in [6.45, 7) is 0.141. The molecule has 0 aliphatic carbocycles. The molecule has 3 heterocycles. The van der Waals surface area contributed by atoms with Crippen LogP contribution in [0.5, 0.6) is 5.75 Å². The predicted octanol–water partition coefficient (Wildman–Crippen LogP) is 0.539.